The van der Waals surface area contributed by atoms with Crippen molar-refractivity contribution in [3.05, 3.63) is 51.7 Å². The molecule has 3 rings (SSSR count). The molecule has 138 valence electrons. The number of thiophene rings is 1. The second-order valence-electron chi connectivity index (χ2n) is 7.64. The van der Waals surface area contributed by atoms with Gasteiger partial charge in [0.25, 0.3) is 0 Å². The molecule has 1 aromatic heterocycles. The molecule has 1 aromatic carbocycles. The highest BCUT2D eigenvalue weighted by Gasteiger charge is 2.11. The number of nitrogens with zero attached hydrogens (tertiary/aromatic N) is 1. The van der Waals surface area contributed by atoms with Crippen LogP contribution in [0.15, 0.2) is 35.0 Å². The summed E-state index contributed by atoms with van der Waals surface area (Å²) in [6.45, 7) is 12.1. The average molecular weight is 386 g/mol. The number of morpholine rings is 1. The first-order valence-electron chi connectivity index (χ1n) is 9.10. The summed E-state index contributed by atoms with van der Waals surface area (Å²) in [5.41, 5.74) is 6.95. The van der Waals surface area contributed by atoms with Gasteiger partial charge in [-0.25, -0.2) is 0 Å². The van der Waals surface area contributed by atoms with Crippen LogP contribution in [0.2, 0.25) is 19.6 Å². The van der Waals surface area contributed by atoms with E-state index in [0.29, 0.717) is 6.61 Å². The summed E-state index contributed by atoms with van der Waals surface area (Å²) in [6, 6.07) is 8.73. The minimum absolute atomic E-state index is 0.580. The molecular weight excluding hydrogens is 358 g/mol. The van der Waals surface area contributed by atoms with E-state index < -0.39 is 8.07 Å². The lowest BCUT2D eigenvalue weighted by Gasteiger charge is -2.26. The maximum absolute atomic E-state index is 6.01. The van der Waals surface area contributed by atoms with E-state index in [1.54, 1.807) is 11.3 Å². The normalized spacial score (nSPS) is 15.3. The zero-order valence-electron chi connectivity index (χ0n) is 15.9. The second kappa shape index (κ2) is 8.87. The Balaban J connectivity index is 1.55. The maximum Gasteiger partial charge on any atom is 0.146 e. The molecule has 0 atom stereocenters. The van der Waals surface area contributed by atoms with Gasteiger partial charge < -0.3 is 9.47 Å². The monoisotopic (exact) mass is 385 g/mol. The Kier molecular flexibility index (Phi) is 6.55. The van der Waals surface area contributed by atoms with Crippen LogP contribution in [0.5, 0.6) is 5.75 Å². The van der Waals surface area contributed by atoms with E-state index in [4.69, 9.17) is 9.47 Å². The lowest BCUT2D eigenvalue weighted by molar-refractivity contribution is 0.0342. The molecule has 1 saturated heterocycles. The summed E-state index contributed by atoms with van der Waals surface area (Å²) < 4.78 is 11.4. The highest BCUT2D eigenvalue weighted by Crippen LogP contribution is 2.24. The van der Waals surface area contributed by atoms with Crippen molar-refractivity contribution in [1.29, 1.82) is 0 Å². The largest absolute Gasteiger partial charge is 0.487 e. The molecule has 1 fully saturated rings. The molecule has 0 unspecified atom stereocenters. The Labute approximate surface area is 162 Å². The van der Waals surface area contributed by atoms with Crippen LogP contribution >= 0.6 is 11.3 Å². The smallest absolute Gasteiger partial charge is 0.146 e. The van der Waals surface area contributed by atoms with Crippen LogP contribution < -0.4 is 4.74 Å². The van der Waals surface area contributed by atoms with Gasteiger partial charge in [-0.1, -0.05) is 49.8 Å². The number of benzene rings is 1. The van der Waals surface area contributed by atoms with Gasteiger partial charge in [0, 0.05) is 30.4 Å². The maximum atomic E-state index is 6.01. The van der Waals surface area contributed by atoms with Crippen LogP contribution in [0.1, 0.15) is 16.7 Å². The molecule has 0 radical (unpaired) electrons. The Morgan fingerprint density at radius 1 is 1.08 bits per heavy atom. The van der Waals surface area contributed by atoms with Crippen molar-refractivity contribution in [3.63, 3.8) is 0 Å². The summed E-state index contributed by atoms with van der Waals surface area (Å²) >= 11 is 1.65. The zero-order chi connectivity index (χ0) is 18.4. The second-order valence-corrected chi connectivity index (χ2v) is 13.1. The van der Waals surface area contributed by atoms with Crippen molar-refractivity contribution in [2.75, 3.05) is 26.3 Å². The number of hydrogen-bond acceptors (Lipinski definition) is 4. The zero-order valence-corrected chi connectivity index (χ0v) is 17.7. The van der Waals surface area contributed by atoms with Gasteiger partial charge >= 0.3 is 0 Å². The van der Waals surface area contributed by atoms with E-state index in [-0.39, 0.29) is 0 Å². The molecule has 1 aliphatic rings. The molecule has 2 heterocycles. The van der Waals surface area contributed by atoms with Crippen LogP contribution in [0, 0.1) is 11.5 Å². The molecule has 0 N–H and O–H groups in total. The third-order valence-electron chi connectivity index (χ3n) is 4.13. The first kappa shape index (κ1) is 19.2. The van der Waals surface area contributed by atoms with Gasteiger partial charge in [-0.3, -0.25) is 4.90 Å². The molecule has 26 heavy (non-hydrogen) atoms. The molecule has 0 spiro atoms. The minimum atomic E-state index is -1.37. The fraction of sp³-hybridized carbons (Fsp3) is 0.429. The number of hydrogen-bond donors (Lipinski definition) is 0. The number of ether oxygens (including phenoxy) is 2. The highest BCUT2D eigenvalue weighted by atomic mass is 32.1. The third-order valence-corrected chi connectivity index (χ3v) is 5.72. The quantitative estimate of drug-likeness (QED) is 0.563. The fourth-order valence-corrected chi connectivity index (χ4v) is 3.87. The summed E-state index contributed by atoms with van der Waals surface area (Å²) in [5.74, 6) is 4.21. The van der Waals surface area contributed by atoms with Crippen LogP contribution in [0.25, 0.3) is 0 Å². The summed E-state index contributed by atoms with van der Waals surface area (Å²) in [7, 11) is -1.37. The standard InChI is InChI=1S/C21H27NO2SSi/c1-26(2,3)13-8-20-16-25-17-21(20)24-15-19-6-4-18(5-7-19)14-22-9-11-23-12-10-22/h4-7,16-17H,9-12,14-15H2,1-3H3. The van der Waals surface area contributed by atoms with Gasteiger partial charge in [-0.2, -0.15) is 0 Å². The topological polar surface area (TPSA) is 21.7 Å². The summed E-state index contributed by atoms with van der Waals surface area (Å²) in [6.07, 6.45) is 0. The van der Waals surface area contributed by atoms with Crippen LogP contribution in [0.4, 0.5) is 0 Å². The Hall–Kier alpha value is -1.58. The van der Waals surface area contributed by atoms with Gasteiger partial charge in [0.2, 0.25) is 0 Å². The molecule has 3 nitrogen and oxygen atoms in total. The molecule has 0 amide bonds. The molecule has 0 aliphatic carbocycles. The molecule has 1 aliphatic heterocycles. The molecule has 2 aromatic rings. The SMILES string of the molecule is C[Si](C)(C)C#Cc1cscc1OCc1ccc(CN2CCOCC2)cc1. The van der Waals surface area contributed by atoms with E-state index >= 15 is 0 Å². The number of rotatable bonds is 5. The van der Waals surface area contributed by atoms with Crippen LogP contribution in [-0.4, -0.2) is 39.3 Å². The van der Waals surface area contributed by atoms with Crippen molar-refractivity contribution in [2.24, 2.45) is 0 Å². The summed E-state index contributed by atoms with van der Waals surface area (Å²) in [4.78, 5) is 2.43. The van der Waals surface area contributed by atoms with Gasteiger partial charge in [0.1, 0.15) is 20.4 Å². The Bertz CT molecular complexity index is 762. The molecule has 5 heteroatoms. The predicted molar refractivity (Wildman–Crippen MR) is 111 cm³/mol. The molecule has 0 bridgehead atoms. The van der Waals surface area contributed by atoms with E-state index in [0.717, 1.165) is 44.2 Å². The lowest BCUT2D eigenvalue weighted by atomic mass is 10.1. The van der Waals surface area contributed by atoms with E-state index in [9.17, 15) is 0 Å². The van der Waals surface area contributed by atoms with Gasteiger partial charge in [-0.15, -0.1) is 16.9 Å². The fourth-order valence-electron chi connectivity index (χ4n) is 2.66. The van der Waals surface area contributed by atoms with Gasteiger partial charge in [-0.05, 0) is 11.1 Å². The van der Waals surface area contributed by atoms with E-state index in [1.807, 2.05) is 5.38 Å². The third kappa shape index (κ3) is 5.99. The van der Waals surface area contributed by atoms with Crippen molar-refractivity contribution >= 4 is 19.4 Å². The van der Waals surface area contributed by atoms with Gasteiger partial charge in [0.05, 0.1) is 18.8 Å². The van der Waals surface area contributed by atoms with Crippen molar-refractivity contribution in [1.82, 2.24) is 4.90 Å². The molecule has 0 saturated carbocycles. The van der Waals surface area contributed by atoms with E-state index in [2.05, 4.69) is 65.7 Å². The van der Waals surface area contributed by atoms with Crippen molar-refractivity contribution in [3.8, 4) is 17.2 Å². The highest BCUT2D eigenvalue weighted by molar-refractivity contribution is 7.08. The van der Waals surface area contributed by atoms with Crippen molar-refractivity contribution < 1.29 is 9.47 Å². The first-order valence-corrected chi connectivity index (χ1v) is 13.5. The Morgan fingerprint density at radius 3 is 2.46 bits per heavy atom. The van der Waals surface area contributed by atoms with E-state index in [1.165, 1.54) is 11.1 Å². The predicted octanol–water partition coefficient (Wildman–Crippen LogP) is 4.39. The van der Waals surface area contributed by atoms with Gasteiger partial charge in [0.15, 0.2) is 0 Å². The average Bonchev–Trinajstić information content (AvgIpc) is 3.07. The van der Waals surface area contributed by atoms with Crippen molar-refractivity contribution in [2.45, 2.75) is 32.8 Å². The summed E-state index contributed by atoms with van der Waals surface area (Å²) in [5, 5.41) is 4.12. The first-order chi connectivity index (χ1) is 12.5. The molecular formula is C21H27NO2SSi. The van der Waals surface area contributed by atoms with Crippen LogP contribution in [-0.2, 0) is 17.9 Å². The minimum Gasteiger partial charge on any atom is -0.487 e. The Morgan fingerprint density at radius 2 is 1.77 bits per heavy atom. The van der Waals surface area contributed by atoms with Crippen LogP contribution in [0.3, 0.4) is 0 Å². The lowest BCUT2D eigenvalue weighted by Crippen LogP contribution is -2.35.